The van der Waals surface area contributed by atoms with Gasteiger partial charge in [-0.05, 0) is 19.9 Å². The second kappa shape index (κ2) is 6.94. The molecule has 0 radical (unpaired) electrons. The summed E-state index contributed by atoms with van der Waals surface area (Å²) in [4.78, 5) is 24.6. The fourth-order valence-corrected chi connectivity index (χ4v) is 1.56. The summed E-state index contributed by atoms with van der Waals surface area (Å²) >= 11 is 0. The van der Waals surface area contributed by atoms with Crippen LogP contribution in [0.2, 0.25) is 0 Å². The first-order valence-electron chi connectivity index (χ1n) is 5.98. The lowest BCUT2D eigenvalue weighted by Gasteiger charge is -2.15. The minimum atomic E-state index is -0.448. The summed E-state index contributed by atoms with van der Waals surface area (Å²) < 4.78 is 15.1. The summed E-state index contributed by atoms with van der Waals surface area (Å²) in [6.07, 6.45) is 0. The average Bonchev–Trinajstić information content (AvgIpc) is 2.75. The van der Waals surface area contributed by atoms with Crippen molar-refractivity contribution in [2.24, 2.45) is 0 Å². The first-order valence-corrected chi connectivity index (χ1v) is 5.98. The van der Waals surface area contributed by atoms with Gasteiger partial charge in [0.25, 0.3) is 0 Å². The molecule has 106 valence electrons. The van der Waals surface area contributed by atoms with Crippen LogP contribution >= 0.6 is 0 Å². The van der Waals surface area contributed by atoms with E-state index < -0.39 is 5.97 Å². The van der Waals surface area contributed by atoms with E-state index in [4.69, 9.17) is 9.15 Å². The molecule has 6 heteroatoms. The van der Waals surface area contributed by atoms with Crippen LogP contribution in [-0.4, -0.2) is 44.1 Å². The summed E-state index contributed by atoms with van der Waals surface area (Å²) in [6.45, 7) is 4.32. The number of nitrogens with zero attached hydrogens (tertiary/aromatic N) is 1. The zero-order valence-electron chi connectivity index (χ0n) is 11.7. The third-order valence-corrected chi connectivity index (χ3v) is 2.62. The molecule has 19 heavy (non-hydrogen) atoms. The Morgan fingerprint density at radius 2 is 2.11 bits per heavy atom. The first kappa shape index (κ1) is 15.2. The number of likely N-dealkylation sites (N-methyl/N-ethyl adjacent to an activating group) is 1. The van der Waals surface area contributed by atoms with E-state index in [0.717, 1.165) is 0 Å². The van der Waals surface area contributed by atoms with E-state index in [2.05, 4.69) is 4.74 Å². The van der Waals surface area contributed by atoms with Crippen molar-refractivity contribution in [3.05, 3.63) is 23.2 Å². The first-order chi connectivity index (χ1) is 8.99. The summed E-state index contributed by atoms with van der Waals surface area (Å²) in [5.41, 5.74) is 0.378. The number of furan rings is 1. The largest absolute Gasteiger partial charge is 0.465 e. The number of aryl methyl sites for hydroxylation is 1. The lowest BCUT2D eigenvalue weighted by molar-refractivity contribution is -0.135. The highest BCUT2D eigenvalue weighted by Gasteiger charge is 2.17. The number of ether oxygens (including phenoxy) is 2. The van der Waals surface area contributed by atoms with E-state index in [1.807, 2.05) is 6.92 Å². The molecule has 0 N–H and O–H groups in total. The number of amides is 1. The van der Waals surface area contributed by atoms with Crippen LogP contribution in [0.15, 0.2) is 10.5 Å². The van der Waals surface area contributed by atoms with Gasteiger partial charge in [0.2, 0.25) is 5.91 Å². The molecule has 1 rings (SSSR count). The van der Waals surface area contributed by atoms with E-state index >= 15 is 0 Å². The molecule has 0 unspecified atom stereocenters. The van der Waals surface area contributed by atoms with E-state index in [-0.39, 0.29) is 19.1 Å². The Bertz CT molecular complexity index is 452. The predicted octanol–water partition coefficient (Wildman–Crippen LogP) is 1.37. The summed E-state index contributed by atoms with van der Waals surface area (Å²) in [5, 5.41) is 0. The SMILES string of the molecule is CCOCC(=O)N(C)Cc1cc(C(=O)OC)c(C)o1. The van der Waals surface area contributed by atoms with Gasteiger partial charge < -0.3 is 18.8 Å². The zero-order valence-corrected chi connectivity index (χ0v) is 11.7. The van der Waals surface area contributed by atoms with Crippen molar-refractivity contribution in [1.82, 2.24) is 4.90 Å². The van der Waals surface area contributed by atoms with Crippen molar-refractivity contribution < 1.29 is 23.5 Å². The fourth-order valence-electron chi connectivity index (χ4n) is 1.56. The van der Waals surface area contributed by atoms with Crippen molar-refractivity contribution in [1.29, 1.82) is 0 Å². The van der Waals surface area contributed by atoms with Crippen LogP contribution < -0.4 is 0 Å². The standard InChI is InChI=1S/C13H19NO5/c1-5-18-8-12(15)14(3)7-10-6-11(9(2)19-10)13(16)17-4/h6H,5,7-8H2,1-4H3. The maximum absolute atomic E-state index is 11.7. The number of hydrogen-bond acceptors (Lipinski definition) is 5. The van der Waals surface area contributed by atoms with Gasteiger partial charge in [-0.3, -0.25) is 4.79 Å². The van der Waals surface area contributed by atoms with Gasteiger partial charge in [-0.1, -0.05) is 0 Å². The van der Waals surface area contributed by atoms with Crippen LogP contribution in [-0.2, 0) is 20.8 Å². The molecule has 0 bridgehead atoms. The molecule has 1 heterocycles. The molecule has 1 aromatic rings. The quantitative estimate of drug-likeness (QED) is 0.729. The monoisotopic (exact) mass is 269 g/mol. The van der Waals surface area contributed by atoms with Gasteiger partial charge in [-0.2, -0.15) is 0 Å². The van der Waals surface area contributed by atoms with Crippen LogP contribution in [0.1, 0.15) is 28.8 Å². The van der Waals surface area contributed by atoms with Gasteiger partial charge in [-0.15, -0.1) is 0 Å². The fraction of sp³-hybridized carbons (Fsp3) is 0.538. The number of rotatable bonds is 6. The van der Waals surface area contributed by atoms with Crippen molar-refractivity contribution in [2.75, 3.05) is 27.4 Å². The van der Waals surface area contributed by atoms with Crippen LogP contribution in [0.5, 0.6) is 0 Å². The predicted molar refractivity (Wildman–Crippen MR) is 67.8 cm³/mol. The minimum absolute atomic E-state index is 0.0382. The van der Waals surface area contributed by atoms with Crippen molar-refractivity contribution >= 4 is 11.9 Å². The molecule has 0 atom stereocenters. The van der Waals surface area contributed by atoms with Crippen LogP contribution in [0.4, 0.5) is 0 Å². The third kappa shape index (κ3) is 4.10. The maximum Gasteiger partial charge on any atom is 0.341 e. The minimum Gasteiger partial charge on any atom is -0.465 e. The highest BCUT2D eigenvalue weighted by Crippen LogP contribution is 2.16. The Labute approximate surface area is 112 Å². The van der Waals surface area contributed by atoms with E-state index in [1.54, 1.807) is 20.0 Å². The van der Waals surface area contributed by atoms with Crippen LogP contribution in [0, 0.1) is 6.92 Å². The number of carbonyl (C=O) groups is 2. The molecular weight excluding hydrogens is 250 g/mol. The zero-order chi connectivity index (χ0) is 14.4. The molecule has 6 nitrogen and oxygen atoms in total. The second-order valence-corrected chi connectivity index (χ2v) is 4.06. The second-order valence-electron chi connectivity index (χ2n) is 4.06. The highest BCUT2D eigenvalue weighted by molar-refractivity contribution is 5.90. The Hall–Kier alpha value is -1.82. The molecular formula is C13H19NO5. The van der Waals surface area contributed by atoms with E-state index in [1.165, 1.54) is 12.0 Å². The van der Waals surface area contributed by atoms with Gasteiger partial charge >= 0.3 is 5.97 Å². The van der Waals surface area contributed by atoms with E-state index in [9.17, 15) is 9.59 Å². The Balaban J connectivity index is 2.67. The molecule has 0 aliphatic carbocycles. The van der Waals surface area contributed by atoms with Crippen molar-refractivity contribution in [3.8, 4) is 0 Å². The molecule has 0 aliphatic heterocycles. The van der Waals surface area contributed by atoms with Gasteiger partial charge in [0.05, 0.1) is 13.7 Å². The van der Waals surface area contributed by atoms with Gasteiger partial charge in [-0.25, -0.2) is 4.79 Å². The number of methoxy groups -OCH3 is 1. The van der Waals surface area contributed by atoms with Crippen LogP contribution in [0.3, 0.4) is 0 Å². The van der Waals surface area contributed by atoms with Crippen molar-refractivity contribution in [3.63, 3.8) is 0 Å². The molecule has 0 spiro atoms. The highest BCUT2D eigenvalue weighted by atomic mass is 16.5. The topological polar surface area (TPSA) is 69.0 Å². The third-order valence-electron chi connectivity index (χ3n) is 2.62. The van der Waals surface area contributed by atoms with Crippen LogP contribution in [0.25, 0.3) is 0 Å². The number of hydrogen-bond donors (Lipinski definition) is 0. The van der Waals surface area contributed by atoms with Crippen molar-refractivity contribution in [2.45, 2.75) is 20.4 Å². The van der Waals surface area contributed by atoms with E-state index in [0.29, 0.717) is 23.7 Å². The Morgan fingerprint density at radius 1 is 1.42 bits per heavy atom. The molecule has 0 saturated carbocycles. The molecule has 0 aromatic carbocycles. The Morgan fingerprint density at radius 3 is 2.68 bits per heavy atom. The summed E-state index contributed by atoms with van der Waals surface area (Å²) in [5.74, 6) is 0.420. The molecule has 0 fully saturated rings. The lowest BCUT2D eigenvalue weighted by atomic mass is 10.2. The van der Waals surface area contributed by atoms with Gasteiger partial charge in [0, 0.05) is 13.7 Å². The van der Waals surface area contributed by atoms with Gasteiger partial charge in [0.1, 0.15) is 23.7 Å². The summed E-state index contributed by atoms with van der Waals surface area (Å²) in [7, 11) is 2.96. The number of esters is 1. The maximum atomic E-state index is 11.7. The summed E-state index contributed by atoms with van der Waals surface area (Å²) in [6, 6.07) is 1.59. The normalized spacial score (nSPS) is 10.3. The molecule has 1 aromatic heterocycles. The smallest absolute Gasteiger partial charge is 0.341 e. The molecule has 0 saturated heterocycles. The molecule has 0 aliphatic rings. The molecule has 1 amide bonds. The Kier molecular flexibility index (Phi) is 5.57. The van der Waals surface area contributed by atoms with Gasteiger partial charge in [0.15, 0.2) is 0 Å². The lowest BCUT2D eigenvalue weighted by Crippen LogP contribution is -2.29. The number of carbonyl (C=O) groups excluding carboxylic acids is 2. The average molecular weight is 269 g/mol.